The Hall–Kier alpha value is -2.52. The van der Waals surface area contributed by atoms with Gasteiger partial charge in [0.1, 0.15) is 0 Å². The molecule has 0 bridgehead atoms. The van der Waals surface area contributed by atoms with Gasteiger partial charge in [0.2, 0.25) is 6.29 Å². The maximum absolute atomic E-state index is 10.7. The topological polar surface area (TPSA) is 39.2 Å². The van der Waals surface area contributed by atoms with E-state index in [9.17, 15) is 4.79 Å². The summed E-state index contributed by atoms with van der Waals surface area (Å²) in [5.41, 5.74) is 6.30. The van der Waals surface area contributed by atoms with Crippen LogP contribution in [0.5, 0.6) is 0 Å². The number of hydrogen-bond acceptors (Lipinski definition) is 3. The fraction of sp³-hybridized carbons (Fsp3) is 0.158. The molecule has 0 saturated heterocycles. The third-order valence-electron chi connectivity index (χ3n) is 4.14. The highest BCUT2D eigenvalue weighted by Crippen LogP contribution is 2.30. The third kappa shape index (κ3) is 2.20. The van der Waals surface area contributed by atoms with Crippen molar-refractivity contribution in [3.8, 4) is 0 Å². The van der Waals surface area contributed by atoms with Crippen LogP contribution in [0.25, 0.3) is 10.9 Å². The number of para-hydroxylation sites is 1. The molecule has 2 aromatic carbocycles. The first kappa shape index (κ1) is 13.2. The van der Waals surface area contributed by atoms with E-state index in [-0.39, 0.29) is 0 Å². The maximum Gasteiger partial charge on any atom is 0.233 e. The van der Waals surface area contributed by atoms with Crippen LogP contribution in [0, 0.1) is 0 Å². The molecule has 3 heteroatoms. The largest absolute Gasteiger partial charge is 0.370 e. The molecule has 0 saturated carbocycles. The molecule has 2 heterocycles. The van der Waals surface area contributed by atoms with Crippen LogP contribution < -0.4 is 0 Å². The summed E-state index contributed by atoms with van der Waals surface area (Å²) in [6.07, 6.45) is 2.72. The Bertz CT molecular complexity index is 853. The zero-order valence-corrected chi connectivity index (χ0v) is 12.0. The normalized spacial score (nSPS) is 13.3. The molecule has 1 aliphatic rings. The molecule has 3 nitrogen and oxygen atoms in total. The lowest BCUT2D eigenvalue weighted by Gasteiger charge is -2.11. The number of nitrogens with zero attached hydrogens (tertiary/aromatic N) is 1. The summed E-state index contributed by atoms with van der Waals surface area (Å²) < 4.78 is 5.59. The van der Waals surface area contributed by atoms with Crippen molar-refractivity contribution < 1.29 is 9.53 Å². The van der Waals surface area contributed by atoms with E-state index in [2.05, 4.69) is 6.07 Å². The van der Waals surface area contributed by atoms with E-state index >= 15 is 0 Å². The smallest absolute Gasteiger partial charge is 0.233 e. The van der Waals surface area contributed by atoms with Crippen LogP contribution in [0.1, 0.15) is 27.9 Å². The Morgan fingerprint density at radius 3 is 2.68 bits per heavy atom. The molecule has 0 aliphatic carbocycles. The number of aromatic nitrogens is 1. The number of ether oxygens (including phenoxy) is 1. The maximum atomic E-state index is 10.7. The monoisotopic (exact) mass is 288 g/mol. The molecule has 0 unspecified atom stereocenters. The summed E-state index contributed by atoms with van der Waals surface area (Å²) in [7, 11) is 0. The number of benzene rings is 2. The van der Waals surface area contributed by atoms with Gasteiger partial charge in [-0.15, -0.1) is 0 Å². The van der Waals surface area contributed by atoms with Gasteiger partial charge >= 0.3 is 0 Å². The van der Waals surface area contributed by atoms with E-state index in [1.165, 1.54) is 22.1 Å². The summed E-state index contributed by atoms with van der Waals surface area (Å²) in [5.74, 6) is 0. The Balaban J connectivity index is 1.84. The molecule has 1 aromatic heterocycles. The standard InChI is InChI=1S/C19H14NO2/c21-10-14-7-5-13(6-8-14)9-16-15-3-1-2-4-18(15)20-19-12-22-11-17(16)19/h1-8H,9,11-12H2. The summed E-state index contributed by atoms with van der Waals surface area (Å²) in [6, 6.07) is 15.8. The highest BCUT2D eigenvalue weighted by Gasteiger charge is 2.20. The van der Waals surface area contributed by atoms with Gasteiger partial charge in [-0.2, -0.15) is 0 Å². The molecule has 1 aliphatic heterocycles. The SMILES string of the molecule is O=[C]c1ccc(Cc2c3c(nc4ccccc24)COC3)cc1. The van der Waals surface area contributed by atoms with Crippen LogP contribution in [-0.2, 0) is 29.2 Å². The molecule has 0 spiro atoms. The minimum atomic E-state index is 0.580. The molecule has 22 heavy (non-hydrogen) atoms. The number of carbonyl (C=O) groups excluding carboxylic acids is 1. The van der Waals surface area contributed by atoms with Crippen molar-refractivity contribution in [3.63, 3.8) is 0 Å². The van der Waals surface area contributed by atoms with Gasteiger partial charge in [-0.3, -0.25) is 4.79 Å². The molecule has 4 rings (SSSR count). The molecular formula is C19H14NO2. The first-order valence-electron chi connectivity index (χ1n) is 7.29. The zero-order chi connectivity index (χ0) is 14.9. The van der Waals surface area contributed by atoms with Crippen molar-refractivity contribution in [2.24, 2.45) is 0 Å². The van der Waals surface area contributed by atoms with Crippen molar-refractivity contribution in [3.05, 3.63) is 76.5 Å². The van der Waals surface area contributed by atoms with Crippen molar-refractivity contribution in [1.82, 2.24) is 4.98 Å². The van der Waals surface area contributed by atoms with Crippen molar-refractivity contribution in [2.45, 2.75) is 19.6 Å². The van der Waals surface area contributed by atoms with Crippen LogP contribution in [0.15, 0.2) is 48.5 Å². The Labute approximate surface area is 128 Å². The second-order valence-corrected chi connectivity index (χ2v) is 5.50. The predicted molar refractivity (Wildman–Crippen MR) is 84.3 cm³/mol. The van der Waals surface area contributed by atoms with Gasteiger partial charge < -0.3 is 4.74 Å². The fourth-order valence-electron chi connectivity index (χ4n) is 3.01. The quantitative estimate of drug-likeness (QED) is 0.742. The van der Waals surface area contributed by atoms with E-state index in [0.717, 1.165) is 17.6 Å². The average Bonchev–Trinajstić information content (AvgIpc) is 3.03. The number of fused-ring (bicyclic) bond motifs is 2. The predicted octanol–water partition coefficient (Wildman–Crippen LogP) is 3.31. The highest BCUT2D eigenvalue weighted by atomic mass is 16.5. The van der Waals surface area contributed by atoms with Gasteiger partial charge in [-0.25, -0.2) is 4.98 Å². The van der Waals surface area contributed by atoms with Gasteiger partial charge in [-0.05, 0) is 23.6 Å². The summed E-state index contributed by atoms with van der Waals surface area (Å²) in [5, 5.41) is 1.18. The van der Waals surface area contributed by atoms with Crippen LogP contribution in [0.4, 0.5) is 0 Å². The lowest BCUT2D eigenvalue weighted by molar-refractivity contribution is 0.133. The summed E-state index contributed by atoms with van der Waals surface area (Å²) in [6.45, 7) is 1.22. The van der Waals surface area contributed by atoms with E-state index in [4.69, 9.17) is 9.72 Å². The number of rotatable bonds is 3. The van der Waals surface area contributed by atoms with Gasteiger partial charge in [-0.1, -0.05) is 42.5 Å². The first-order chi connectivity index (χ1) is 10.8. The summed E-state index contributed by atoms with van der Waals surface area (Å²) in [4.78, 5) is 15.4. The molecule has 0 amide bonds. The van der Waals surface area contributed by atoms with Crippen molar-refractivity contribution in [1.29, 1.82) is 0 Å². The Kier molecular flexibility index (Phi) is 3.20. The van der Waals surface area contributed by atoms with Crippen molar-refractivity contribution in [2.75, 3.05) is 0 Å². The number of pyridine rings is 1. The third-order valence-corrected chi connectivity index (χ3v) is 4.14. The van der Waals surface area contributed by atoms with Crippen LogP contribution in [-0.4, -0.2) is 11.3 Å². The van der Waals surface area contributed by atoms with Crippen molar-refractivity contribution >= 4 is 17.2 Å². The molecule has 0 atom stereocenters. The Morgan fingerprint density at radius 1 is 1.05 bits per heavy atom. The molecule has 3 aromatic rings. The molecular weight excluding hydrogens is 274 g/mol. The highest BCUT2D eigenvalue weighted by molar-refractivity contribution is 5.84. The average molecular weight is 288 g/mol. The van der Waals surface area contributed by atoms with Crippen LogP contribution in [0.3, 0.4) is 0 Å². The van der Waals surface area contributed by atoms with E-state index in [1.54, 1.807) is 0 Å². The second kappa shape index (κ2) is 5.35. The van der Waals surface area contributed by atoms with E-state index < -0.39 is 0 Å². The van der Waals surface area contributed by atoms with E-state index in [0.29, 0.717) is 18.8 Å². The van der Waals surface area contributed by atoms with Crippen LogP contribution in [0.2, 0.25) is 0 Å². The zero-order valence-electron chi connectivity index (χ0n) is 12.0. The molecule has 1 radical (unpaired) electrons. The lowest BCUT2D eigenvalue weighted by Crippen LogP contribution is -2.00. The molecule has 0 fully saturated rings. The Morgan fingerprint density at radius 2 is 1.86 bits per heavy atom. The lowest BCUT2D eigenvalue weighted by atomic mass is 9.95. The van der Waals surface area contributed by atoms with Gasteiger partial charge in [0.05, 0.1) is 24.4 Å². The molecule has 107 valence electrons. The minimum Gasteiger partial charge on any atom is -0.370 e. The van der Waals surface area contributed by atoms with Crippen LogP contribution >= 0.6 is 0 Å². The first-order valence-corrected chi connectivity index (χ1v) is 7.29. The van der Waals surface area contributed by atoms with E-state index in [1.807, 2.05) is 48.8 Å². The number of hydrogen-bond donors (Lipinski definition) is 0. The summed E-state index contributed by atoms with van der Waals surface area (Å²) >= 11 is 0. The minimum absolute atomic E-state index is 0.580. The fourth-order valence-corrected chi connectivity index (χ4v) is 3.01. The van der Waals surface area contributed by atoms with Gasteiger partial charge in [0.25, 0.3) is 0 Å². The molecule has 0 N–H and O–H groups in total. The van der Waals surface area contributed by atoms with Gasteiger partial charge in [0, 0.05) is 16.5 Å². The van der Waals surface area contributed by atoms with Gasteiger partial charge in [0.15, 0.2) is 0 Å². The second-order valence-electron chi connectivity index (χ2n) is 5.50.